The number of amidine groups is 1. The fourth-order valence-electron chi connectivity index (χ4n) is 3.05. The van der Waals surface area contributed by atoms with Crippen LogP contribution in [0.4, 0.5) is 4.39 Å². The molecule has 1 N–H and O–H groups in total. The van der Waals surface area contributed by atoms with Crippen LogP contribution in [-0.2, 0) is 11.8 Å². The summed E-state index contributed by atoms with van der Waals surface area (Å²) < 4.78 is 20.1. The molecular weight excluding hydrogens is 271 g/mol. The number of piperidine rings is 1. The molecule has 0 bridgehead atoms. The minimum atomic E-state index is -0.236. The Bertz CT molecular complexity index is 674. The number of nitrogens with zero attached hydrogens (tertiary/aromatic N) is 3. The SMILES string of the molecule is COC(=N)N1CCC(c2nn(C)c3cc(F)ccc23)CC1. The van der Waals surface area contributed by atoms with Crippen molar-refractivity contribution in [3.05, 3.63) is 29.7 Å². The zero-order valence-corrected chi connectivity index (χ0v) is 12.3. The second kappa shape index (κ2) is 5.35. The van der Waals surface area contributed by atoms with Gasteiger partial charge in [-0.2, -0.15) is 5.10 Å². The molecule has 2 aromatic rings. The van der Waals surface area contributed by atoms with Gasteiger partial charge in [0.15, 0.2) is 0 Å². The summed E-state index contributed by atoms with van der Waals surface area (Å²) in [5, 5.41) is 13.3. The third-order valence-corrected chi connectivity index (χ3v) is 4.20. The lowest BCUT2D eigenvalue weighted by atomic mass is 9.92. The molecule has 1 aliphatic rings. The molecule has 112 valence electrons. The van der Waals surface area contributed by atoms with Crippen molar-refractivity contribution in [2.45, 2.75) is 18.8 Å². The maximum absolute atomic E-state index is 13.4. The van der Waals surface area contributed by atoms with E-state index >= 15 is 0 Å². The van der Waals surface area contributed by atoms with Gasteiger partial charge in [-0.1, -0.05) is 0 Å². The summed E-state index contributed by atoms with van der Waals surface area (Å²) in [7, 11) is 3.37. The van der Waals surface area contributed by atoms with E-state index in [1.54, 1.807) is 4.68 Å². The van der Waals surface area contributed by atoms with Crippen LogP contribution in [0.15, 0.2) is 18.2 Å². The first-order valence-electron chi connectivity index (χ1n) is 7.10. The maximum Gasteiger partial charge on any atom is 0.284 e. The predicted molar refractivity (Wildman–Crippen MR) is 79.0 cm³/mol. The van der Waals surface area contributed by atoms with Gasteiger partial charge < -0.3 is 9.64 Å². The molecular formula is C15H19FN4O. The van der Waals surface area contributed by atoms with Crippen LogP contribution >= 0.6 is 0 Å². The molecule has 1 aromatic carbocycles. The summed E-state index contributed by atoms with van der Waals surface area (Å²) in [4.78, 5) is 1.93. The molecule has 3 rings (SSSR count). The highest BCUT2D eigenvalue weighted by molar-refractivity contribution is 5.82. The molecule has 2 heterocycles. The van der Waals surface area contributed by atoms with E-state index in [2.05, 4.69) is 5.10 Å². The van der Waals surface area contributed by atoms with Gasteiger partial charge in [0, 0.05) is 31.4 Å². The van der Waals surface area contributed by atoms with Crippen molar-refractivity contribution in [2.75, 3.05) is 20.2 Å². The number of methoxy groups -OCH3 is 1. The average molecular weight is 290 g/mol. The van der Waals surface area contributed by atoms with E-state index in [0.29, 0.717) is 5.92 Å². The standard InChI is InChI=1S/C15H19FN4O/c1-19-13-9-11(16)3-4-12(13)14(18-19)10-5-7-20(8-6-10)15(17)21-2/h3-4,9-10,17H,5-8H2,1-2H3. The number of ether oxygens (including phenoxy) is 1. The number of halogens is 1. The number of benzene rings is 1. The Morgan fingerprint density at radius 2 is 2.10 bits per heavy atom. The Morgan fingerprint density at radius 1 is 1.38 bits per heavy atom. The van der Waals surface area contributed by atoms with E-state index in [-0.39, 0.29) is 11.8 Å². The molecule has 0 aliphatic carbocycles. The second-order valence-corrected chi connectivity index (χ2v) is 5.44. The van der Waals surface area contributed by atoms with Crippen LogP contribution in [0.5, 0.6) is 0 Å². The molecule has 6 heteroatoms. The fourth-order valence-corrected chi connectivity index (χ4v) is 3.05. The lowest BCUT2D eigenvalue weighted by Gasteiger charge is -2.31. The molecule has 0 amide bonds. The minimum absolute atomic E-state index is 0.224. The van der Waals surface area contributed by atoms with Gasteiger partial charge in [-0.3, -0.25) is 10.1 Å². The van der Waals surface area contributed by atoms with Crippen LogP contribution in [0.2, 0.25) is 0 Å². The van der Waals surface area contributed by atoms with Gasteiger partial charge in [0.2, 0.25) is 0 Å². The number of aromatic nitrogens is 2. The van der Waals surface area contributed by atoms with Gasteiger partial charge in [0.25, 0.3) is 6.02 Å². The van der Waals surface area contributed by atoms with E-state index in [1.165, 1.54) is 19.2 Å². The molecule has 1 fully saturated rings. The first-order valence-corrected chi connectivity index (χ1v) is 7.10. The third-order valence-electron chi connectivity index (χ3n) is 4.20. The Labute approximate surface area is 122 Å². The number of likely N-dealkylation sites (tertiary alicyclic amines) is 1. The average Bonchev–Trinajstić information content (AvgIpc) is 2.83. The van der Waals surface area contributed by atoms with Crippen LogP contribution in [0.3, 0.4) is 0 Å². The van der Waals surface area contributed by atoms with E-state index in [1.807, 2.05) is 18.0 Å². The monoisotopic (exact) mass is 290 g/mol. The molecule has 1 saturated heterocycles. The minimum Gasteiger partial charge on any atom is -0.469 e. The van der Waals surface area contributed by atoms with Crippen molar-refractivity contribution in [1.82, 2.24) is 14.7 Å². The molecule has 0 saturated carbocycles. The normalized spacial score (nSPS) is 16.4. The molecule has 1 aliphatic heterocycles. The zero-order chi connectivity index (χ0) is 15.0. The first-order chi connectivity index (χ1) is 10.1. The molecule has 0 unspecified atom stereocenters. The number of aryl methyl sites for hydroxylation is 1. The van der Waals surface area contributed by atoms with Crippen molar-refractivity contribution in [1.29, 1.82) is 5.41 Å². The molecule has 0 radical (unpaired) electrons. The van der Waals surface area contributed by atoms with E-state index in [9.17, 15) is 4.39 Å². The maximum atomic E-state index is 13.4. The van der Waals surface area contributed by atoms with Crippen molar-refractivity contribution < 1.29 is 9.13 Å². The highest BCUT2D eigenvalue weighted by atomic mass is 19.1. The highest BCUT2D eigenvalue weighted by Gasteiger charge is 2.26. The van der Waals surface area contributed by atoms with E-state index < -0.39 is 0 Å². The van der Waals surface area contributed by atoms with Gasteiger partial charge in [-0.15, -0.1) is 0 Å². The summed E-state index contributed by atoms with van der Waals surface area (Å²) in [5.74, 6) is 0.112. The molecule has 0 spiro atoms. The lowest BCUT2D eigenvalue weighted by molar-refractivity contribution is 0.234. The number of hydrogen-bond donors (Lipinski definition) is 1. The Kier molecular flexibility index (Phi) is 3.53. The number of nitrogens with one attached hydrogen (secondary N) is 1. The van der Waals surface area contributed by atoms with Gasteiger partial charge >= 0.3 is 0 Å². The van der Waals surface area contributed by atoms with Crippen LogP contribution in [-0.4, -0.2) is 40.9 Å². The molecule has 5 nitrogen and oxygen atoms in total. The van der Waals surface area contributed by atoms with Crippen molar-refractivity contribution in [3.8, 4) is 0 Å². The van der Waals surface area contributed by atoms with Crippen LogP contribution in [0, 0.1) is 11.2 Å². The van der Waals surface area contributed by atoms with E-state index in [0.717, 1.165) is 42.5 Å². The summed E-state index contributed by atoms with van der Waals surface area (Å²) >= 11 is 0. The Balaban J connectivity index is 1.84. The van der Waals surface area contributed by atoms with Crippen LogP contribution in [0.1, 0.15) is 24.5 Å². The van der Waals surface area contributed by atoms with E-state index in [4.69, 9.17) is 10.1 Å². The Hall–Kier alpha value is -2.11. The molecule has 0 atom stereocenters. The van der Waals surface area contributed by atoms with Gasteiger partial charge in [0.1, 0.15) is 5.82 Å². The summed E-state index contributed by atoms with van der Waals surface area (Å²) in [6.45, 7) is 1.58. The zero-order valence-electron chi connectivity index (χ0n) is 12.3. The number of hydrogen-bond acceptors (Lipinski definition) is 3. The first kappa shape index (κ1) is 13.9. The smallest absolute Gasteiger partial charge is 0.284 e. The molecule has 21 heavy (non-hydrogen) atoms. The predicted octanol–water partition coefficient (Wildman–Crippen LogP) is 2.47. The summed E-state index contributed by atoms with van der Waals surface area (Å²) in [5.41, 5.74) is 1.87. The van der Waals surface area contributed by atoms with Gasteiger partial charge in [0.05, 0.1) is 18.3 Å². The Morgan fingerprint density at radius 3 is 2.76 bits per heavy atom. The van der Waals surface area contributed by atoms with Crippen molar-refractivity contribution in [3.63, 3.8) is 0 Å². The summed E-state index contributed by atoms with van der Waals surface area (Å²) in [6, 6.07) is 5.06. The third kappa shape index (κ3) is 2.46. The van der Waals surface area contributed by atoms with Gasteiger partial charge in [-0.25, -0.2) is 4.39 Å². The topological polar surface area (TPSA) is 54.1 Å². The van der Waals surface area contributed by atoms with Crippen molar-refractivity contribution >= 4 is 16.9 Å². The second-order valence-electron chi connectivity index (χ2n) is 5.44. The number of rotatable bonds is 1. The van der Waals surface area contributed by atoms with Crippen molar-refractivity contribution in [2.24, 2.45) is 7.05 Å². The molecule has 1 aromatic heterocycles. The lowest BCUT2D eigenvalue weighted by Crippen LogP contribution is -2.38. The largest absolute Gasteiger partial charge is 0.469 e. The fraction of sp³-hybridized carbons (Fsp3) is 0.467. The van der Waals surface area contributed by atoms with Crippen LogP contribution in [0.25, 0.3) is 10.9 Å². The van der Waals surface area contributed by atoms with Gasteiger partial charge in [-0.05, 0) is 31.0 Å². The quantitative estimate of drug-likeness (QED) is 0.648. The van der Waals surface area contributed by atoms with Crippen LogP contribution < -0.4 is 0 Å². The highest BCUT2D eigenvalue weighted by Crippen LogP contribution is 2.32. The number of fused-ring (bicyclic) bond motifs is 1. The summed E-state index contributed by atoms with van der Waals surface area (Å²) in [6.07, 6.45) is 1.85.